The molecule has 5 N–H and O–H groups in total. The molecule has 0 saturated carbocycles. The average molecular weight is 158 g/mol. The van der Waals surface area contributed by atoms with E-state index in [0.29, 0.717) is 17.8 Å². The SMILES string of the molecule is CC(C)C(C)CN=C(N)NN. The van der Waals surface area contributed by atoms with Gasteiger partial charge in [0.2, 0.25) is 5.96 Å². The van der Waals surface area contributed by atoms with Crippen LogP contribution in [0.4, 0.5) is 0 Å². The van der Waals surface area contributed by atoms with Crippen molar-refractivity contribution in [3.8, 4) is 0 Å². The van der Waals surface area contributed by atoms with Crippen molar-refractivity contribution >= 4 is 5.96 Å². The summed E-state index contributed by atoms with van der Waals surface area (Å²) in [5.41, 5.74) is 7.62. The fraction of sp³-hybridized carbons (Fsp3) is 0.857. The lowest BCUT2D eigenvalue weighted by Crippen LogP contribution is -2.37. The number of hydrazine groups is 1. The number of hydrogen-bond acceptors (Lipinski definition) is 2. The van der Waals surface area contributed by atoms with E-state index in [0.717, 1.165) is 6.54 Å². The highest BCUT2D eigenvalue weighted by molar-refractivity contribution is 5.77. The zero-order chi connectivity index (χ0) is 8.85. The molecule has 0 fully saturated rings. The maximum atomic E-state index is 5.34. The van der Waals surface area contributed by atoms with Crippen LogP contribution in [0.15, 0.2) is 4.99 Å². The molecule has 0 bridgehead atoms. The third-order valence-corrected chi connectivity index (χ3v) is 1.84. The van der Waals surface area contributed by atoms with E-state index in [4.69, 9.17) is 11.6 Å². The van der Waals surface area contributed by atoms with Crippen LogP contribution in [0.1, 0.15) is 20.8 Å². The third kappa shape index (κ3) is 4.61. The molecule has 1 unspecified atom stereocenters. The van der Waals surface area contributed by atoms with Crippen LogP contribution in [0.5, 0.6) is 0 Å². The van der Waals surface area contributed by atoms with Gasteiger partial charge in [-0.25, -0.2) is 5.84 Å². The molecule has 0 rings (SSSR count). The van der Waals surface area contributed by atoms with Crippen molar-refractivity contribution in [2.45, 2.75) is 20.8 Å². The smallest absolute Gasteiger partial charge is 0.203 e. The van der Waals surface area contributed by atoms with Crippen molar-refractivity contribution in [3.63, 3.8) is 0 Å². The summed E-state index contributed by atoms with van der Waals surface area (Å²) in [5.74, 6) is 6.50. The summed E-state index contributed by atoms with van der Waals surface area (Å²) in [6.45, 7) is 7.18. The number of nitrogens with one attached hydrogen (secondary N) is 1. The summed E-state index contributed by atoms with van der Waals surface area (Å²) in [7, 11) is 0. The molecule has 0 aromatic rings. The Morgan fingerprint density at radius 1 is 1.45 bits per heavy atom. The topological polar surface area (TPSA) is 76.4 Å². The summed E-state index contributed by atoms with van der Waals surface area (Å²) >= 11 is 0. The molecule has 0 aliphatic heterocycles. The van der Waals surface area contributed by atoms with Gasteiger partial charge in [0.1, 0.15) is 0 Å². The minimum absolute atomic E-state index is 0.303. The Balaban J connectivity index is 3.68. The van der Waals surface area contributed by atoms with Gasteiger partial charge in [-0.15, -0.1) is 0 Å². The first-order valence-corrected chi connectivity index (χ1v) is 3.84. The van der Waals surface area contributed by atoms with Gasteiger partial charge in [-0.3, -0.25) is 10.4 Å². The molecule has 66 valence electrons. The summed E-state index contributed by atoms with van der Waals surface area (Å²) in [5, 5.41) is 0. The van der Waals surface area contributed by atoms with E-state index in [9.17, 15) is 0 Å². The highest BCUT2D eigenvalue weighted by Crippen LogP contribution is 2.08. The van der Waals surface area contributed by atoms with Gasteiger partial charge in [0.15, 0.2) is 0 Å². The molecule has 0 aromatic heterocycles. The number of aliphatic imine (C=N–C) groups is 1. The van der Waals surface area contributed by atoms with Crippen LogP contribution in [0.3, 0.4) is 0 Å². The van der Waals surface area contributed by atoms with Crippen LogP contribution in [-0.4, -0.2) is 12.5 Å². The Morgan fingerprint density at radius 2 is 2.00 bits per heavy atom. The van der Waals surface area contributed by atoms with Crippen LogP contribution in [0.2, 0.25) is 0 Å². The normalized spacial score (nSPS) is 15.2. The quantitative estimate of drug-likeness (QED) is 0.235. The molecule has 1 atom stereocenters. The van der Waals surface area contributed by atoms with E-state index in [1.807, 2.05) is 0 Å². The van der Waals surface area contributed by atoms with Gasteiger partial charge in [0.05, 0.1) is 0 Å². The molecule has 4 heteroatoms. The van der Waals surface area contributed by atoms with Gasteiger partial charge in [-0.2, -0.15) is 0 Å². The lowest BCUT2D eigenvalue weighted by Gasteiger charge is -2.12. The van der Waals surface area contributed by atoms with Crippen LogP contribution < -0.4 is 17.0 Å². The standard InChI is InChI=1S/C7H18N4/c1-5(2)6(3)4-10-7(8)11-9/h5-6H,4,9H2,1-3H3,(H3,8,10,11). The highest BCUT2D eigenvalue weighted by Gasteiger charge is 2.05. The van der Waals surface area contributed by atoms with Crippen LogP contribution in [0, 0.1) is 11.8 Å². The molecule has 0 heterocycles. The summed E-state index contributed by atoms with van der Waals surface area (Å²) < 4.78 is 0. The molecule has 0 spiro atoms. The number of rotatable bonds is 3. The Kier molecular flexibility index (Phi) is 4.61. The molecule has 0 amide bonds. The zero-order valence-electron chi connectivity index (χ0n) is 7.46. The second-order valence-corrected chi connectivity index (χ2v) is 3.09. The first-order valence-electron chi connectivity index (χ1n) is 3.84. The Bertz CT molecular complexity index is 130. The largest absolute Gasteiger partial charge is 0.369 e. The number of nitrogens with two attached hydrogens (primary N) is 2. The molecular weight excluding hydrogens is 140 g/mol. The van der Waals surface area contributed by atoms with Gasteiger partial charge in [-0.05, 0) is 11.8 Å². The van der Waals surface area contributed by atoms with Gasteiger partial charge in [0, 0.05) is 6.54 Å². The molecule has 0 saturated heterocycles. The molecule has 0 radical (unpaired) electrons. The number of hydrogen-bond donors (Lipinski definition) is 3. The average Bonchev–Trinajstić information content (AvgIpc) is 1.99. The van der Waals surface area contributed by atoms with Gasteiger partial charge in [-0.1, -0.05) is 20.8 Å². The van der Waals surface area contributed by atoms with Crippen molar-refractivity contribution in [3.05, 3.63) is 0 Å². The lowest BCUT2D eigenvalue weighted by molar-refractivity contribution is 0.430. The van der Waals surface area contributed by atoms with E-state index >= 15 is 0 Å². The van der Waals surface area contributed by atoms with Crippen LogP contribution in [-0.2, 0) is 0 Å². The van der Waals surface area contributed by atoms with E-state index in [1.54, 1.807) is 0 Å². The first kappa shape index (κ1) is 10.2. The molecule has 11 heavy (non-hydrogen) atoms. The van der Waals surface area contributed by atoms with Gasteiger partial charge in [0.25, 0.3) is 0 Å². The molecular formula is C7H18N4. The predicted molar refractivity (Wildman–Crippen MR) is 47.8 cm³/mol. The van der Waals surface area contributed by atoms with Gasteiger partial charge >= 0.3 is 0 Å². The highest BCUT2D eigenvalue weighted by atomic mass is 15.3. The predicted octanol–water partition coefficient (Wildman–Crippen LogP) is 0.0565. The van der Waals surface area contributed by atoms with Crippen LogP contribution >= 0.6 is 0 Å². The number of nitrogens with zero attached hydrogens (tertiary/aromatic N) is 1. The Morgan fingerprint density at radius 3 is 2.36 bits per heavy atom. The van der Waals surface area contributed by atoms with E-state index in [-0.39, 0.29) is 0 Å². The van der Waals surface area contributed by atoms with Crippen molar-refractivity contribution in [1.29, 1.82) is 0 Å². The Hall–Kier alpha value is -0.770. The fourth-order valence-electron chi connectivity index (χ4n) is 0.499. The third-order valence-electron chi connectivity index (χ3n) is 1.84. The maximum Gasteiger partial charge on any atom is 0.203 e. The fourth-order valence-corrected chi connectivity index (χ4v) is 0.499. The maximum absolute atomic E-state index is 5.34. The monoisotopic (exact) mass is 158 g/mol. The Labute approximate surface area is 68.0 Å². The lowest BCUT2D eigenvalue weighted by atomic mass is 9.99. The minimum Gasteiger partial charge on any atom is -0.369 e. The van der Waals surface area contributed by atoms with E-state index < -0.39 is 0 Å². The van der Waals surface area contributed by atoms with Crippen LogP contribution in [0.25, 0.3) is 0 Å². The molecule has 0 aliphatic rings. The zero-order valence-corrected chi connectivity index (χ0v) is 7.46. The van der Waals surface area contributed by atoms with E-state index in [1.165, 1.54) is 0 Å². The first-order chi connectivity index (χ1) is 5.07. The summed E-state index contributed by atoms with van der Waals surface area (Å²) in [6, 6.07) is 0. The molecule has 4 nitrogen and oxygen atoms in total. The minimum atomic E-state index is 0.303. The van der Waals surface area contributed by atoms with Gasteiger partial charge < -0.3 is 5.73 Å². The summed E-state index contributed by atoms with van der Waals surface area (Å²) in [6.07, 6.45) is 0. The number of guanidine groups is 1. The molecule has 0 aliphatic carbocycles. The van der Waals surface area contributed by atoms with Crippen molar-refractivity contribution in [1.82, 2.24) is 5.43 Å². The van der Waals surface area contributed by atoms with E-state index in [2.05, 4.69) is 31.2 Å². The van der Waals surface area contributed by atoms with Crippen molar-refractivity contribution in [2.24, 2.45) is 28.4 Å². The second kappa shape index (κ2) is 4.96. The van der Waals surface area contributed by atoms with Crippen molar-refractivity contribution < 1.29 is 0 Å². The van der Waals surface area contributed by atoms with Crippen molar-refractivity contribution in [2.75, 3.05) is 6.54 Å². The summed E-state index contributed by atoms with van der Waals surface area (Å²) in [4.78, 5) is 4.02. The second-order valence-electron chi connectivity index (χ2n) is 3.09. The molecule has 0 aromatic carbocycles.